The normalized spacial score (nSPS) is 12.7. The zero-order valence-corrected chi connectivity index (χ0v) is 12.3. The molecule has 0 aliphatic rings. The lowest BCUT2D eigenvalue weighted by atomic mass is 10.1. The van der Waals surface area contributed by atoms with E-state index in [1.54, 1.807) is 18.8 Å². The topological polar surface area (TPSA) is 20.3 Å². The van der Waals surface area contributed by atoms with Crippen molar-refractivity contribution in [2.75, 3.05) is 25.6 Å². The first kappa shape index (κ1) is 16.1. The van der Waals surface area contributed by atoms with Crippen molar-refractivity contribution < 1.29 is 13.6 Å². The van der Waals surface area contributed by atoms with Gasteiger partial charge < -0.3 is 0 Å². The van der Waals surface area contributed by atoms with E-state index in [9.17, 15) is 13.6 Å². The molecule has 0 amide bonds. The molecule has 0 aliphatic carbocycles. The molecular weight excluding hydrogens is 268 g/mol. The molecule has 0 N–H and O–H groups in total. The van der Waals surface area contributed by atoms with Gasteiger partial charge >= 0.3 is 0 Å². The maximum absolute atomic E-state index is 13.5. The van der Waals surface area contributed by atoms with Crippen LogP contribution in [0.1, 0.15) is 23.7 Å². The van der Waals surface area contributed by atoms with E-state index in [4.69, 9.17) is 0 Å². The van der Waals surface area contributed by atoms with Crippen molar-refractivity contribution in [3.8, 4) is 0 Å². The van der Waals surface area contributed by atoms with Crippen molar-refractivity contribution in [1.29, 1.82) is 0 Å². The Bertz CT molecular complexity index is 419. The summed E-state index contributed by atoms with van der Waals surface area (Å²) in [6.45, 7) is 2.06. The van der Waals surface area contributed by atoms with E-state index in [2.05, 4.69) is 0 Å². The van der Waals surface area contributed by atoms with Crippen LogP contribution in [0.4, 0.5) is 8.78 Å². The maximum Gasteiger partial charge on any atom is 0.182 e. The van der Waals surface area contributed by atoms with Crippen molar-refractivity contribution in [1.82, 2.24) is 4.90 Å². The molecule has 0 radical (unpaired) electrons. The SMILES string of the molecule is CCC(CSC)N(C)CC(=O)c1c(F)cccc1F. The van der Waals surface area contributed by atoms with Gasteiger partial charge in [-0.15, -0.1) is 0 Å². The number of rotatable bonds is 7. The monoisotopic (exact) mass is 287 g/mol. The van der Waals surface area contributed by atoms with Crippen LogP contribution in [0.2, 0.25) is 0 Å². The van der Waals surface area contributed by atoms with Gasteiger partial charge in [-0.1, -0.05) is 13.0 Å². The summed E-state index contributed by atoms with van der Waals surface area (Å²) in [7, 11) is 1.81. The van der Waals surface area contributed by atoms with Gasteiger partial charge in [-0.25, -0.2) is 8.78 Å². The van der Waals surface area contributed by atoms with Gasteiger partial charge in [0, 0.05) is 11.8 Å². The molecule has 0 saturated heterocycles. The van der Waals surface area contributed by atoms with Crippen molar-refractivity contribution in [3.05, 3.63) is 35.4 Å². The number of carbonyl (C=O) groups excluding carboxylic acids is 1. The highest BCUT2D eigenvalue weighted by Gasteiger charge is 2.21. The molecule has 0 aromatic heterocycles. The highest BCUT2D eigenvalue weighted by Crippen LogP contribution is 2.15. The van der Waals surface area contributed by atoms with Gasteiger partial charge in [-0.3, -0.25) is 9.69 Å². The standard InChI is InChI=1S/C14H19F2NOS/c1-4-10(9-19-3)17(2)8-13(18)14-11(15)6-5-7-12(14)16/h5-7,10H,4,8-9H2,1-3H3. The third-order valence-corrected chi connectivity index (χ3v) is 3.81. The highest BCUT2D eigenvalue weighted by molar-refractivity contribution is 7.98. The molecule has 0 spiro atoms. The fourth-order valence-corrected chi connectivity index (χ4v) is 2.82. The highest BCUT2D eigenvalue weighted by atomic mass is 32.2. The Hall–Kier alpha value is -0.940. The molecule has 0 fully saturated rings. The Kier molecular flexibility index (Phi) is 6.45. The van der Waals surface area contributed by atoms with Crippen LogP contribution in [0, 0.1) is 11.6 Å². The van der Waals surface area contributed by atoms with Crippen LogP contribution in [-0.4, -0.2) is 42.3 Å². The van der Waals surface area contributed by atoms with E-state index in [0.717, 1.165) is 24.3 Å². The van der Waals surface area contributed by atoms with Gasteiger partial charge in [0.05, 0.1) is 12.1 Å². The average molecular weight is 287 g/mol. The molecule has 0 aliphatic heterocycles. The third kappa shape index (κ3) is 4.28. The van der Waals surface area contributed by atoms with E-state index >= 15 is 0 Å². The van der Waals surface area contributed by atoms with Crippen molar-refractivity contribution in [3.63, 3.8) is 0 Å². The summed E-state index contributed by atoms with van der Waals surface area (Å²) in [5.41, 5.74) is -0.437. The number of likely N-dealkylation sites (N-methyl/N-ethyl adjacent to an activating group) is 1. The summed E-state index contributed by atoms with van der Waals surface area (Å²) in [4.78, 5) is 13.8. The molecule has 1 rings (SSSR count). The predicted molar refractivity (Wildman–Crippen MR) is 75.8 cm³/mol. The Balaban J connectivity index is 2.79. The number of halogens is 2. The molecule has 5 heteroatoms. The molecule has 1 atom stereocenters. The van der Waals surface area contributed by atoms with E-state index in [-0.39, 0.29) is 12.6 Å². The van der Waals surface area contributed by atoms with Crippen LogP contribution in [0.25, 0.3) is 0 Å². The van der Waals surface area contributed by atoms with E-state index < -0.39 is 23.0 Å². The number of thioether (sulfide) groups is 1. The van der Waals surface area contributed by atoms with E-state index in [1.807, 2.05) is 18.1 Å². The fourth-order valence-electron chi connectivity index (χ4n) is 1.95. The van der Waals surface area contributed by atoms with Crippen molar-refractivity contribution in [2.45, 2.75) is 19.4 Å². The predicted octanol–water partition coefficient (Wildman–Crippen LogP) is 3.22. The summed E-state index contributed by atoms with van der Waals surface area (Å²) in [6.07, 6.45) is 2.89. The average Bonchev–Trinajstić information content (AvgIpc) is 2.35. The number of hydrogen-bond acceptors (Lipinski definition) is 3. The third-order valence-electron chi connectivity index (χ3n) is 3.09. The summed E-state index contributed by atoms with van der Waals surface area (Å²) in [5.74, 6) is -1.22. The summed E-state index contributed by atoms with van der Waals surface area (Å²) >= 11 is 1.69. The van der Waals surface area contributed by atoms with Gasteiger partial charge in [0.25, 0.3) is 0 Å². The number of nitrogens with zero attached hydrogens (tertiary/aromatic N) is 1. The molecule has 106 valence electrons. The molecule has 1 unspecified atom stereocenters. The first-order valence-electron chi connectivity index (χ1n) is 6.17. The van der Waals surface area contributed by atoms with Gasteiger partial charge in [0.1, 0.15) is 11.6 Å². The van der Waals surface area contributed by atoms with Gasteiger partial charge in [-0.2, -0.15) is 11.8 Å². The molecule has 1 aromatic carbocycles. The summed E-state index contributed by atoms with van der Waals surface area (Å²) in [6, 6.07) is 3.70. The number of Topliss-reactive ketones (excluding diaryl/α,β-unsaturated/α-hetero) is 1. The second-order valence-electron chi connectivity index (χ2n) is 4.45. The van der Waals surface area contributed by atoms with Gasteiger partial charge in [0.2, 0.25) is 0 Å². The van der Waals surface area contributed by atoms with Gasteiger partial charge in [0.15, 0.2) is 5.78 Å². The minimum absolute atomic E-state index is 0.0247. The molecule has 1 aromatic rings. The summed E-state index contributed by atoms with van der Waals surface area (Å²) < 4.78 is 27.0. The molecule has 2 nitrogen and oxygen atoms in total. The van der Waals surface area contributed by atoms with Crippen LogP contribution >= 0.6 is 11.8 Å². The second-order valence-corrected chi connectivity index (χ2v) is 5.36. The quantitative estimate of drug-likeness (QED) is 0.718. The molecular formula is C14H19F2NOS. The molecule has 0 heterocycles. The van der Waals surface area contributed by atoms with E-state index in [0.29, 0.717) is 0 Å². The van der Waals surface area contributed by atoms with Crippen molar-refractivity contribution >= 4 is 17.5 Å². The van der Waals surface area contributed by atoms with Gasteiger partial charge in [-0.05, 0) is 31.9 Å². The van der Waals surface area contributed by atoms with Crippen LogP contribution in [0.5, 0.6) is 0 Å². The first-order chi connectivity index (χ1) is 9.01. The Morgan fingerprint density at radius 1 is 1.37 bits per heavy atom. The Morgan fingerprint density at radius 3 is 2.42 bits per heavy atom. The maximum atomic E-state index is 13.5. The number of hydrogen-bond donors (Lipinski definition) is 0. The Labute approximate surface area is 117 Å². The van der Waals surface area contributed by atoms with Crippen molar-refractivity contribution in [2.24, 2.45) is 0 Å². The minimum atomic E-state index is -0.795. The second kappa shape index (κ2) is 7.60. The lowest BCUT2D eigenvalue weighted by Crippen LogP contribution is -2.37. The number of ketones is 1. The summed E-state index contributed by atoms with van der Waals surface area (Å²) in [5, 5.41) is 0. The molecule has 0 bridgehead atoms. The number of carbonyl (C=O) groups is 1. The molecule has 0 saturated carbocycles. The van der Waals surface area contributed by atoms with Crippen LogP contribution in [0.15, 0.2) is 18.2 Å². The lowest BCUT2D eigenvalue weighted by molar-refractivity contribution is 0.0916. The minimum Gasteiger partial charge on any atom is -0.295 e. The van der Waals surface area contributed by atoms with Crippen LogP contribution in [0.3, 0.4) is 0 Å². The zero-order valence-electron chi connectivity index (χ0n) is 11.5. The smallest absolute Gasteiger partial charge is 0.182 e. The zero-order chi connectivity index (χ0) is 14.4. The van der Waals surface area contributed by atoms with Crippen LogP contribution < -0.4 is 0 Å². The number of benzene rings is 1. The Morgan fingerprint density at radius 2 is 1.95 bits per heavy atom. The first-order valence-corrected chi connectivity index (χ1v) is 7.57. The lowest BCUT2D eigenvalue weighted by Gasteiger charge is -2.25. The largest absolute Gasteiger partial charge is 0.295 e. The molecule has 19 heavy (non-hydrogen) atoms. The fraction of sp³-hybridized carbons (Fsp3) is 0.500. The van der Waals surface area contributed by atoms with Crippen LogP contribution in [-0.2, 0) is 0 Å². The van der Waals surface area contributed by atoms with E-state index in [1.165, 1.54) is 6.07 Å².